The summed E-state index contributed by atoms with van der Waals surface area (Å²) in [4.78, 5) is 25.7. The van der Waals surface area contributed by atoms with Crippen molar-refractivity contribution in [1.29, 1.82) is 0 Å². The lowest BCUT2D eigenvalue weighted by Crippen LogP contribution is -2.29. The highest BCUT2D eigenvalue weighted by atomic mass is 35.5. The van der Waals surface area contributed by atoms with E-state index in [4.69, 9.17) is 11.6 Å². The van der Waals surface area contributed by atoms with Crippen LogP contribution in [-0.4, -0.2) is 29.8 Å². The largest absolute Gasteiger partial charge is 0.342 e. The van der Waals surface area contributed by atoms with Crippen molar-refractivity contribution in [2.45, 2.75) is 26.2 Å². The van der Waals surface area contributed by atoms with Crippen LogP contribution < -0.4 is 5.32 Å². The van der Waals surface area contributed by atoms with Gasteiger partial charge in [-0.05, 0) is 24.6 Å². The average molecular weight is 313 g/mol. The van der Waals surface area contributed by atoms with Crippen LogP contribution in [0, 0.1) is 11.7 Å². The number of rotatable bonds is 5. The zero-order chi connectivity index (χ0) is 15.4. The van der Waals surface area contributed by atoms with Gasteiger partial charge >= 0.3 is 0 Å². The van der Waals surface area contributed by atoms with Crippen LogP contribution in [0.1, 0.15) is 26.2 Å². The number of halogens is 2. The first kappa shape index (κ1) is 15.8. The number of carbonyl (C=O) groups is 2. The molecule has 21 heavy (non-hydrogen) atoms. The number of nitrogens with zero attached hydrogens (tertiary/aromatic N) is 1. The van der Waals surface area contributed by atoms with Crippen molar-refractivity contribution >= 4 is 29.1 Å². The molecule has 0 aliphatic carbocycles. The van der Waals surface area contributed by atoms with Crippen LogP contribution in [0.2, 0.25) is 5.02 Å². The van der Waals surface area contributed by atoms with Gasteiger partial charge in [-0.1, -0.05) is 24.9 Å². The van der Waals surface area contributed by atoms with Crippen molar-refractivity contribution in [1.82, 2.24) is 4.90 Å². The van der Waals surface area contributed by atoms with Crippen molar-refractivity contribution in [3.63, 3.8) is 0 Å². The minimum absolute atomic E-state index is 0.0146. The van der Waals surface area contributed by atoms with E-state index in [1.807, 2.05) is 0 Å². The highest BCUT2D eigenvalue weighted by molar-refractivity contribution is 6.31. The third-order valence-corrected chi connectivity index (χ3v) is 3.84. The number of unbranched alkanes of at least 4 members (excludes halogenated alkanes) is 1. The molecule has 1 aromatic rings. The average Bonchev–Trinajstić information content (AvgIpc) is 2.82. The van der Waals surface area contributed by atoms with Gasteiger partial charge in [0.05, 0.1) is 10.9 Å². The Morgan fingerprint density at radius 2 is 2.29 bits per heavy atom. The normalized spacial score (nSPS) is 18.1. The van der Waals surface area contributed by atoms with E-state index >= 15 is 0 Å². The predicted molar refractivity (Wildman–Crippen MR) is 79.6 cm³/mol. The molecule has 0 spiro atoms. The number of benzene rings is 1. The van der Waals surface area contributed by atoms with Gasteiger partial charge in [-0.3, -0.25) is 9.59 Å². The molecule has 6 heteroatoms. The fraction of sp³-hybridized carbons (Fsp3) is 0.467. The van der Waals surface area contributed by atoms with Crippen LogP contribution >= 0.6 is 11.6 Å². The van der Waals surface area contributed by atoms with E-state index in [9.17, 15) is 14.0 Å². The fourth-order valence-corrected chi connectivity index (χ4v) is 2.51. The maximum Gasteiger partial charge on any atom is 0.229 e. The molecule has 0 aromatic heterocycles. The molecule has 4 nitrogen and oxygen atoms in total. The number of nitrogens with one attached hydrogen (secondary N) is 1. The molecule has 1 atom stereocenters. The lowest BCUT2D eigenvalue weighted by Gasteiger charge is -2.16. The maximum absolute atomic E-state index is 13.1. The molecule has 1 aromatic carbocycles. The number of hydrogen-bond acceptors (Lipinski definition) is 2. The van der Waals surface area contributed by atoms with Gasteiger partial charge in [-0.25, -0.2) is 4.39 Å². The standard InChI is InChI=1S/C15H18ClFN2O2/c1-2-3-6-19-9-10(7-14(19)20)15(21)18-11-4-5-13(17)12(16)8-11/h4-5,8,10H,2-3,6-7,9H2,1H3,(H,18,21)/t10-/m1/s1. The van der Waals surface area contributed by atoms with Gasteiger partial charge in [0, 0.05) is 25.2 Å². The minimum Gasteiger partial charge on any atom is -0.342 e. The Hall–Kier alpha value is -1.62. The molecule has 0 radical (unpaired) electrons. The quantitative estimate of drug-likeness (QED) is 0.908. The number of amides is 2. The Bertz CT molecular complexity index is 550. The number of likely N-dealkylation sites (tertiary alicyclic amines) is 1. The molecule has 1 aliphatic heterocycles. The SMILES string of the molecule is CCCCN1C[C@H](C(=O)Nc2ccc(F)c(Cl)c2)CC1=O. The first-order valence-electron chi connectivity index (χ1n) is 7.05. The fourth-order valence-electron chi connectivity index (χ4n) is 2.33. The van der Waals surface area contributed by atoms with E-state index in [1.165, 1.54) is 18.2 Å². The minimum atomic E-state index is -0.531. The summed E-state index contributed by atoms with van der Waals surface area (Å²) >= 11 is 5.67. The van der Waals surface area contributed by atoms with E-state index in [0.717, 1.165) is 12.8 Å². The Balaban J connectivity index is 1.95. The molecule has 2 rings (SSSR count). The predicted octanol–water partition coefficient (Wildman–Crippen LogP) is 3.07. The molecule has 0 unspecified atom stereocenters. The molecule has 0 saturated carbocycles. The number of anilines is 1. The smallest absolute Gasteiger partial charge is 0.229 e. The van der Waals surface area contributed by atoms with Crippen LogP contribution in [0.25, 0.3) is 0 Å². The van der Waals surface area contributed by atoms with E-state index in [1.54, 1.807) is 4.90 Å². The summed E-state index contributed by atoms with van der Waals surface area (Å²) in [6.45, 7) is 3.20. The van der Waals surface area contributed by atoms with Crippen molar-refractivity contribution in [2.24, 2.45) is 5.92 Å². The molecule has 1 heterocycles. The van der Waals surface area contributed by atoms with Crippen LogP contribution in [0.3, 0.4) is 0 Å². The molecule has 1 saturated heterocycles. The zero-order valence-corrected chi connectivity index (χ0v) is 12.6. The van der Waals surface area contributed by atoms with Crippen LogP contribution in [-0.2, 0) is 9.59 Å². The van der Waals surface area contributed by atoms with Gasteiger partial charge in [0.2, 0.25) is 11.8 Å². The molecular formula is C15H18ClFN2O2. The van der Waals surface area contributed by atoms with E-state index in [-0.39, 0.29) is 29.2 Å². The summed E-state index contributed by atoms with van der Waals surface area (Å²) < 4.78 is 13.1. The molecule has 1 fully saturated rings. The second-order valence-corrected chi connectivity index (χ2v) is 5.62. The summed E-state index contributed by atoms with van der Waals surface area (Å²) in [5, 5.41) is 2.64. The second-order valence-electron chi connectivity index (χ2n) is 5.21. The van der Waals surface area contributed by atoms with Crippen LogP contribution in [0.5, 0.6) is 0 Å². The molecule has 114 valence electrons. The van der Waals surface area contributed by atoms with Crippen molar-refractivity contribution in [3.8, 4) is 0 Å². The topological polar surface area (TPSA) is 49.4 Å². The zero-order valence-electron chi connectivity index (χ0n) is 11.9. The summed E-state index contributed by atoms with van der Waals surface area (Å²) in [5.74, 6) is -1.11. The molecule has 0 bridgehead atoms. The third kappa shape index (κ3) is 3.94. The Labute approximate surface area is 128 Å². The Morgan fingerprint density at radius 3 is 2.95 bits per heavy atom. The monoisotopic (exact) mass is 312 g/mol. The lowest BCUT2D eigenvalue weighted by molar-refractivity contribution is -0.128. The Morgan fingerprint density at radius 1 is 1.52 bits per heavy atom. The van der Waals surface area contributed by atoms with Gasteiger partial charge in [0.15, 0.2) is 0 Å². The molecular weight excluding hydrogens is 295 g/mol. The third-order valence-electron chi connectivity index (χ3n) is 3.55. The van der Waals surface area contributed by atoms with E-state index < -0.39 is 5.82 Å². The highest BCUT2D eigenvalue weighted by Crippen LogP contribution is 2.23. The molecule has 1 N–H and O–H groups in total. The molecule has 2 amide bonds. The van der Waals surface area contributed by atoms with Gasteiger partial charge < -0.3 is 10.2 Å². The van der Waals surface area contributed by atoms with Crippen molar-refractivity contribution < 1.29 is 14.0 Å². The second kappa shape index (κ2) is 6.89. The van der Waals surface area contributed by atoms with Gasteiger partial charge in [0.25, 0.3) is 0 Å². The van der Waals surface area contributed by atoms with Crippen molar-refractivity contribution in [2.75, 3.05) is 18.4 Å². The summed E-state index contributed by atoms with van der Waals surface area (Å²) in [6.07, 6.45) is 2.17. The summed E-state index contributed by atoms with van der Waals surface area (Å²) in [5.41, 5.74) is 0.436. The lowest BCUT2D eigenvalue weighted by atomic mass is 10.1. The van der Waals surface area contributed by atoms with Gasteiger partial charge in [-0.15, -0.1) is 0 Å². The first-order chi connectivity index (χ1) is 10.0. The molecule has 1 aliphatic rings. The van der Waals surface area contributed by atoms with Gasteiger partial charge in [0.1, 0.15) is 5.82 Å². The number of carbonyl (C=O) groups excluding carboxylic acids is 2. The van der Waals surface area contributed by atoms with Crippen LogP contribution in [0.4, 0.5) is 10.1 Å². The highest BCUT2D eigenvalue weighted by Gasteiger charge is 2.33. The summed E-state index contributed by atoms with van der Waals surface area (Å²) in [6, 6.07) is 4.01. The van der Waals surface area contributed by atoms with E-state index in [2.05, 4.69) is 12.2 Å². The van der Waals surface area contributed by atoms with Crippen molar-refractivity contribution in [3.05, 3.63) is 29.0 Å². The first-order valence-corrected chi connectivity index (χ1v) is 7.42. The Kier molecular flexibility index (Phi) is 5.17. The summed E-state index contributed by atoms with van der Waals surface area (Å²) in [7, 11) is 0. The van der Waals surface area contributed by atoms with Gasteiger partial charge in [-0.2, -0.15) is 0 Å². The maximum atomic E-state index is 13.1. The number of hydrogen-bond donors (Lipinski definition) is 1. The van der Waals surface area contributed by atoms with E-state index in [0.29, 0.717) is 18.8 Å². The van der Waals surface area contributed by atoms with Crippen LogP contribution in [0.15, 0.2) is 18.2 Å².